The summed E-state index contributed by atoms with van der Waals surface area (Å²) in [6.07, 6.45) is 1.61. The third kappa shape index (κ3) is 6.34. The average Bonchev–Trinajstić information content (AvgIpc) is 3.00. The Morgan fingerprint density at radius 1 is 0.953 bits per heavy atom. The van der Waals surface area contributed by atoms with Crippen molar-refractivity contribution in [2.75, 3.05) is 14.2 Å². The number of methoxy groups -OCH3 is 2. The van der Waals surface area contributed by atoms with E-state index in [2.05, 4.69) is 29.8 Å². The van der Waals surface area contributed by atoms with E-state index in [4.69, 9.17) is 24.3 Å². The molecule has 0 aliphatic heterocycles. The zero-order valence-electron chi connectivity index (χ0n) is 25.1. The van der Waals surface area contributed by atoms with Gasteiger partial charge in [0.1, 0.15) is 12.4 Å². The number of aryl methyl sites for hydroxylation is 2. The fourth-order valence-corrected chi connectivity index (χ4v) is 5.38. The van der Waals surface area contributed by atoms with Crippen LogP contribution in [0, 0.1) is 13.8 Å². The van der Waals surface area contributed by atoms with Crippen LogP contribution >= 0.6 is 15.9 Å². The van der Waals surface area contributed by atoms with Crippen LogP contribution < -0.4 is 19.8 Å². The summed E-state index contributed by atoms with van der Waals surface area (Å²) in [5.41, 5.74) is 5.89. The number of hydrogen-bond acceptors (Lipinski definition) is 6. The van der Waals surface area contributed by atoms with Crippen molar-refractivity contribution in [2.24, 2.45) is 5.10 Å². The molecule has 0 amide bonds. The SMILES string of the molecule is COc1cc(C)c(-c2nc3ccccc3c(=O)n2N=Cc2cc(Br)cc(OC)c2OCc2ccc(C)cc2)cc1C(C)C. The van der Waals surface area contributed by atoms with Crippen LogP contribution in [0.3, 0.4) is 0 Å². The van der Waals surface area contributed by atoms with Crippen LogP contribution in [0.1, 0.15) is 47.6 Å². The second-order valence-electron chi connectivity index (χ2n) is 10.7. The summed E-state index contributed by atoms with van der Waals surface area (Å²) in [5.74, 6) is 2.48. The molecule has 0 saturated heterocycles. The van der Waals surface area contributed by atoms with E-state index in [0.717, 1.165) is 32.5 Å². The van der Waals surface area contributed by atoms with E-state index in [1.54, 1.807) is 26.5 Å². The van der Waals surface area contributed by atoms with E-state index in [0.29, 0.717) is 40.4 Å². The molecule has 1 heterocycles. The van der Waals surface area contributed by atoms with Crippen molar-refractivity contribution in [2.45, 2.75) is 40.2 Å². The Hall–Kier alpha value is -4.43. The first-order chi connectivity index (χ1) is 20.7. The van der Waals surface area contributed by atoms with E-state index in [-0.39, 0.29) is 11.5 Å². The molecule has 0 bridgehead atoms. The van der Waals surface area contributed by atoms with E-state index < -0.39 is 0 Å². The molecule has 0 saturated carbocycles. The number of hydrogen-bond donors (Lipinski definition) is 0. The van der Waals surface area contributed by atoms with Gasteiger partial charge in [0.15, 0.2) is 17.3 Å². The summed E-state index contributed by atoms with van der Waals surface area (Å²) < 4.78 is 19.7. The molecular formula is C35H34BrN3O4. The van der Waals surface area contributed by atoms with Crippen molar-refractivity contribution in [3.63, 3.8) is 0 Å². The number of benzene rings is 4. The van der Waals surface area contributed by atoms with Crippen LogP contribution in [0.2, 0.25) is 0 Å². The largest absolute Gasteiger partial charge is 0.496 e. The second kappa shape index (κ2) is 12.8. The quantitative estimate of drug-likeness (QED) is 0.153. The third-order valence-electron chi connectivity index (χ3n) is 7.28. The van der Waals surface area contributed by atoms with Crippen LogP contribution in [0.15, 0.2) is 87.2 Å². The molecule has 1 aromatic heterocycles. The third-order valence-corrected chi connectivity index (χ3v) is 7.74. The fourth-order valence-electron chi connectivity index (χ4n) is 4.92. The smallest absolute Gasteiger partial charge is 0.282 e. The molecule has 7 nitrogen and oxygen atoms in total. The molecule has 0 fully saturated rings. The highest BCUT2D eigenvalue weighted by atomic mass is 79.9. The van der Waals surface area contributed by atoms with Crippen molar-refractivity contribution in [3.8, 4) is 28.6 Å². The van der Waals surface area contributed by atoms with Gasteiger partial charge in [0.25, 0.3) is 5.56 Å². The molecule has 4 aromatic carbocycles. The lowest BCUT2D eigenvalue weighted by molar-refractivity contribution is 0.284. The number of aromatic nitrogens is 2. The Labute approximate surface area is 259 Å². The Morgan fingerprint density at radius 3 is 2.37 bits per heavy atom. The molecule has 43 heavy (non-hydrogen) atoms. The number of ether oxygens (including phenoxy) is 3. The Morgan fingerprint density at radius 2 is 1.67 bits per heavy atom. The molecule has 0 atom stereocenters. The van der Waals surface area contributed by atoms with Gasteiger partial charge in [-0.3, -0.25) is 4.79 Å². The maximum atomic E-state index is 13.9. The van der Waals surface area contributed by atoms with E-state index >= 15 is 0 Å². The number of fused-ring (bicyclic) bond motifs is 1. The molecule has 220 valence electrons. The van der Waals surface area contributed by atoms with Gasteiger partial charge in [0.05, 0.1) is 31.3 Å². The maximum Gasteiger partial charge on any atom is 0.282 e. The van der Waals surface area contributed by atoms with Crippen LogP contribution in [-0.2, 0) is 6.61 Å². The summed E-state index contributed by atoms with van der Waals surface area (Å²) in [4.78, 5) is 18.9. The van der Waals surface area contributed by atoms with Gasteiger partial charge in [-0.2, -0.15) is 9.78 Å². The maximum absolute atomic E-state index is 13.9. The van der Waals surface area contributed by atoms with Crippen molar-refractivity contribution in [3.05, 3.63) is 115 Å². The summed E-state index contributed by atoms with van der Waals surface area (Å²) in [5, 5.41) is 5.21. The van der Waals surface area contributed by atoms with E-state index in [9.17, 15) is 4.79 Å². The molecule has 0 spiro atoms. The molecule has 0 aliphatic carbocycles. The first-order valence-electron chi connectivity index (χ1n) is 14.0. The van der Waals surface area contributed by atoms with Crippen LogP contribution in [0.25, 0.3) is 22.3 Å². The minimum absolute atomic E-state index is 0.195. The monoisotopic (exact) mass is 639 g/mol. The lowest BCUT2D eigenvalue weighted by Crippen LogP contribution is -2.21. The van der Waals surface area contributed by atoms with Gasteiger partial charge < -0.3 is 14.2 Å². The van der Waals surface area contributed by atoms with Gasteiger partial charge in [-0.15, -0.1) is 0 Å². The van der Waals surface area contributed by atoms with Gasteiger partial charge in [-0.05, 0) is 72.9 Å². The molecule has 0 N–H and O–H groups in total. The zero-order chi connectivity index (χ0) is 30.7. The topological polar surface area (TPSA) is 74.9 Å². The molecular weight excluding hydrogens is 606 g/mol. The average molecular weight is 641 g/mol. The Balaban J connectivity index is 1.67. The molecule has 5 aromatic rings. The number of nitrogens with zero attached hydrogens (tertiary/aromatic N) is 3. The minimum Gasteiger partial charge on any atom is -0.496 e. The van der Waals surface area contributed by atoms with E-state index in [1.165, 1.54) is 10.2 Å². The van der Waals surface area contributed by atoms with Gasteiger partial charge in [0.2, 0.25) is 0 Å². The lowest BCUT2D eigenvalue weighted by atomic mass is 9.96. The first kappa shape index (κ1) is 30.0. The zero-order valence-corrected chi connectivity index (χ0v) is 26.7. The lowest BCUT2D eigenvalue weighted by Gasteiger charge is -2.17. The predicted molar refractivity (Wildman–Crippen MR) is 176 cm³/mol. The highest BCUT2D eigenvalue weighted by Crippen LogP contribution is 2.36. The van der Waals surface area contributed by atoms with Gasteiger partial charge >= 0.3 is 0 Å². The standard InChI is InChI=1S/C35H34BrN3O4/c1-21(2)28-18-29(23(4)15-31(28)41-5)34-38-30-10-8-7-9-27(30)35(40)39(34)37-19-25-16-26(36)17-32(42-6)33(25)43-20-24-13-11-22(3)12-14-24/h7-19,21H,20H2,1-6H3. The highest BCUT2D eigenvalue weighted by Gasteiger charge is 2.19. The number of halogens is 1. The summed E-state index contributed by atoms with van der Waals surface area (Å²) >= 11 is 3.57. The fraction of sp³-hybridized carbons (Fsp3) is 0.229. The van der Waals surface area contributed by atoms with Crippen molar-refractivity contribution in [1.29, 1.82) is 0 Å². The highest BCUT2D eigenvalue weighted by molar-refractivity contribution is 9.10. The van der Waals surface area contributed by atoms with Crippen molar-refractivity contribution in [1.82, 2.24) is 9.66 Å². The van der Waals surface area contributed by atoms with Gasteiger partial charge in [0, 0.05) is 15.6 Å². The molecule has 0 unspecified atom stereocenters. The molecule has 5 rings (SSSR count). The Bertz CT molecular complexity index is 1880. The summed E-state index contributed by atoms with van der Waals surface area (Å²) in [6, 6.07) is 23.2. The van der Waals surface area contributed by atoms with Gasteiger partial charge in [-0.1, -0.05) is 71.7 Å². The summed E-state index contributed by atoms with van der Waals surface area (Å²) in [6.45, 7) is 8.58. The van der Waals surface area contributed by atoms with Crippen molar-refractivity contribution < 1.29 is 14.2 Å². The molecule has 8 heteroatoms. The van der Waals surface area contributed by atoms with Gasteiger partial charge in [-0.25, -0.2) is 4.98 Å². The van der Waals surface area contributed by atoms with Crippen LogP contribution in [-0.4, -0.2) is 30.1 Å². The van der Waals surface area contributed by atoms with E-state index in [1.807, 2.05) is 80.6 Å². The number of para-hydroxylation sites is 1. The predicted octanol–water partition coefficient (Wildman–Crippen LogP) is 8.04. The molecule has 0 radical (unpaired) electrons. The van der Waals surface area contributed by atoms with Crippen molar-refractivity contribution >= 4 is 33.0 Å². The van der Waals surface area contributed by atoms with Crippen LogP contribution in [0.4, 0.5) is 0 Å². The molecule has 0 aliphatic rings. The second-order valence-corrected chi connectivity index (χ2v) is 11.6. The summed E-state index contributed by atoms with van der Waals surface area (Å²) in [7, 11) is 3.26. The number of rotatable bonds is 9. The minimum atomic E-state index is -0.276. The first-order valence-corrected chi connectivity index (χ1v) is 14.8. The normalized spacial score (nSPS) is 11.4. The van der Waals surface area contributed by atoms with Crippen LogP contribution in [0.5, 0.6) is 17.2 Å². The Kier molecular flexibility index (Phi) is 8.97.